The standard InChI is InChI=1S/C17H31N3O3.HI/c1-5-6-8-21-10-11-22-9-7-19-17(18-4)20-13-16-12-14(2)23-15(16)3;/h12H,5-11,13H2,1-4H3,(H2,18,19,20);1H. The van der Waals surface area contributed by atoms with Crippen molar-refractivity contribution in [3.05, 3.63) is 23.2 Å². The molecule has 0 saturated carbocycles. The number of nitrogens with one attached hydrogen (secondary N) is 2. The summed E-state index contributed by atoms with van der Waals surface area (Å²) in [5, 5.41) is 6.48. The van der Waals surface area contributed by atoms with Gasteiger partial charge in [-0.05, 0) is 26.3 Å². The molecule has 0 aliphatic carbocycles. The Bertz CT molecular complexity index is 464. The maximum Gasteiger partial charge on any atom is 0.191 e. The summed E-state index contributed by atoms with van der Waals surface area (Å²) in [6.07, 6.45) is 2.27. The van der Waals surface area contributed by atoms with Crippen molar-refractivity contribution >= 4 is 29.9 Å². The Hall–Kier alpha value is -0.800. The van der Waals surface area contributed by atoms with Gasteiger partial charge >= 0.3 is 0 Å². The minimum Gasteiger partial charge on any atom is -0.466 e. The van der Waals surface area contributed by atoms with Crippen molar-refractivity contribution in [2.45, 2.75) is 40.2 Å². The van der Waals surface area contributed by atoms with E-state index in [1.807, 2.05) is 19.9 Å². The molecule has 7 heteroatoms. The van der Waals surface area contributed by atoms with E-state index in [9.17, 15) is 0 Å². The summed E-state index contributed by atoms with van der Waals surface area (Å²) in [4.78, 5) is 4.19. The lowest BCUT2D eigenvalue weighted by molar-refractivity contribution is 0.0487. The van der Waals surface area contributed by atoms with Crippen molar-refractivity contribution in [2.75, 3.05) is 40.0 Å². The number of furan rings is 1. The fourth-order valence-corrected chi connectivity index (χ4v) is 2.07. The Morgan fingerprint density at radius 2 is 1.83 bits per heavy atom. The first-order valence-electron chi connectivity index (χ1n) is 8.33. The van der Waals surface area contributed by atoms with Gasteiger partial charge in [-0.3, -0.25) is 4.99 Å². The molecular formula is C17H32IN3O3. The molecule has 1 aromatic rings. The summed E-state index contributed by atoms with van der Waals surface area (Å²) in [6, 6.07) is 2.04. The van der Waals surface area contributed by atoms with Crippen LogP contribution in [0.15, 0.2) is 15.5 Å². The molecule has 0 atom stereocenters. The van der Waals surface area contributed by atoms with Crippen molar-refractivity contribution in [3.8, 4) is 0 Å². The van der Waals surface area contributed by atoms with Gasteiger partial charge in [-0.25, -0.2) is 0 Å². The fourth-order valence-electron chi connectivity index (χ4n) is 2.07. The largest absolute Gasteiger partial charge is 0.466 e. The van der Waals surface area contributed by atoms with Crippen LogP contribution in [-0.4, -0.2) is 46.0 Å². The van der Waals surface area contributed by atoms with Gasteiger partial charge in [0.2, 0.25) is 0 Å². The predicted octanol–water partition coefficient (Wildman–Crippen LogP) is 3.01. The molecule has 1 heterocycles. The van der Waals surface area contributed by atoms with Crippen LogP contribution in [0.2, 0.25) is 0 Å². The number of hydrogen-bond donors (Lipinski definition) is 2. The molecule has 24 heavy (non-hydrogen) atoms. The maximum atomic E-state index is 5.51. The third kappa shape index (κ3) is 10.1. The van der Waals surface area contributed by atoms with Crippen LogP contribution in [0.3, 0.4) is 0 Å². The second kappa shape index (κ2) is 14.5. The Morgan fingerprint density at radius 3 is 2.42 bits per heavy atom. The van der Waals surface area contributed by atoms with E-state index in [2.05, 4.69) is 22.5 Å². The number of guanidine groups is 1. The highest BCUT2D eigenvalue weighted by Crippen LogP contribution is 2.12. The number of aliphatic imine (C=N–C) groups is 1. The molecule has 0 aliphatic rings. The molecule has 0 saturated heterocycles. The van der Waals surface area contributed by atoms with Crippen molar-refractivity contribution < 1.29 is 13.9 Å². The zero-order chi connectivity index (χ0) is 16.9. The molecule has 1 rings (SSSR count). The van der Waals surface area contributed by atoms with Crippen molar-refractivity contribution in [1.82, 2.24) is 10.6 Å². The quantitative estimate of drug-likeness (QED) is 0.233. The molecule has 140 valence electrons. The monoisotopic (exact) mass is 453 g/mol. The van der Waals surface area contributed by atoms with E-state index in [0.29, 0.717) is 32.9 Å². The molecule has 2 N–H and O–H groups in total. The van der Waals surface area contributed by atoms with E-state index in [0.717, 1.165) is 42.5 Å². The minimum absolute atomic E-state index is 0. The average molecular weight is 453 g/mol. The number of hydrogen-bond acceptors (Lipinski definition) is 4. The molecule has 0 spiro atoms. The van der Waals surface area contributed by atoms with Gasteiger partial charge in [0, 0.05) is 32.3 Å². The van der Waals surface area contributed by atoms with E-state index < -0.39 is 0 Å². The normalized spacial score (nSPS) is 11.2. The van der Waals surface area contributed by atoms with E-state index in [-0.39, 0.29) is 24.0 Å². The zero-order valence-electron chi connectivity index (χ0n) is 15.3. The second-order valence-electron chi connectivity index (χ2n) is 5.37. The smallest absolute Gasteiger partial charge is 0.191 e. The van der Waals surface area contributed by atoms with Crippen LogP contribution in [0.5, 0.6) is 0 Å². The molecule has 0 unspecified atom stereocenters. The van der Waals surface area contributed by atoms with Crippen LogP contribution in [0, 0.1) is 13.8 Å². The summed E-state index contributed by atoms with van der Waals surface area (Å²) in [5.74, 6) is 2.62. The summed E-state index contributed by atoms with van der Waals surface area (Å²) >= 11 is 0. The maximum absolute atomic E-state index is 5.51. The van der Waals surface area contributed by atoms with Gasteiger partial charge in [0.15, 0.2) is 5.96 Å². The van der Waals surface area contributed by atoms with Gasteiger partial charge in [-0.15, -0.1) is 24.0 Å². The van der Waals surface area contributed by atoms with Gasteiger partial charge < -0.3 is 24.5 Å². The summed E-state index contributed by atoms with van der Waals surface area (Å²) in [7, 11) is 1.76. The molecule has 0 radical (unpaired) electrons. The lowest BCUT2D eigenvalue weighted by Crippen LogP contribution is -2.38. The van der Waals surface area contributed by atoms with Gasteiger partial charge in [-0.2, -0.15) is 0 Å². The highest BCUT2D eigenvalue weighted by Gasteiger charge is 2.05. The third-order valence-electron chi connectivity index (χ3n) is 3.37. The van der Waals surface area contributed by atoms with Crippen LogP contribution in [0.25, 0.3) is 0 Å². The SMILES string of the molecule is CCCCOCCOCCNC(=NC)NCc1cc(C)oc1C.I. The highest BCUT2D eigenvalue weighted by atomic mass is 127. The average Bonchev–Trinajstić information content (AvgIpc) is 2.86. The van der Waals surface area contributed by atoms with E-state index in [4.69, 9.17) is 13.9 Å². The predicted molar refractivity (Wildman–Crippen MR) is 108 cm³/mol. The van der Waals surface area contributed by atoms with Crippen LogP contribution >= 0.6 is 24.0 Å². The molecular weight excluding hydrogens is 421 g/mol. The Kier molecular flexibility index (Phi) is 14.1. The Morgan fingerprint density at radius 1 is 1.12 bits per heavy atom. The van der Waals surface area contributed by atoms with E-state index in [1.165, 1.54) is 0 Å². The first kappa shape index (κ1) is 23.2. The topological polar surface area (TPSA) is 68.0 Å². The summed E-state index contributed by atoms with van der Waals surface area (Å²) in [5.41, 5.74) is 1.14. The molecule has 0 fully saturated rings. The van der Waals surface area contributed by atoms with Crippen LogP contribution in [0.4, 0.5) is 0 Å². The first-order valence-corrected chi connectivity index (χ1v) is 8.33. The molecule has 0 amide bonds. The molecule has 0 aromatic carbocycles. The number of aryl methyl sites for hydroxylation is 2. The van der Waals surface area contributed by atoms with E-state index >= 15 is 0 Å². The first-order chi connectivity index (χ1) is 11.2. The Balaban J connectivity index is 0.00000529. The zero-order valence-corrected chi connectivity index (χ0v) is 17.6. The van der Waals surface area contributed by atoms with Crippen molar-refractivity contribution in [3.63, 3.8) is 0 Å². The number of rotatable bonds is 11. The summed E-state index contributed by atoms with van der Waals surface area (Å²) < 4.78 is 16.5. The number of ether oxygens (including phenoxy) is 2. The molecule has 0 aliphatic heterocycles. The van der Waals surface area contributed by atoms with Gasteiger partial charge in [-0.1, -0.05) is 13.3 Å². The van der Waals surface area contributed by atoms with Crippen molar-refractivity contribution in [2.24, 2.45) is 4.99 Å². The molecule has 1 aromatic heterocycles. The van der Waals surface area contributed by atoms with Gasteiger partial charge in [0.1, 0.15) is 11.5 Å². The third-order valence-corrected chi connectivity index (χ3v) is 3.37. The van der Waals surface area contributed by atoms with E-state index in [1.54, 1.807) is 7.05 Å². The molecule has 6 nitrogen and oxygen atoms in total. The minimum atomic E-state index is 0. The fraction of sp³-hybridized carbons (Fsp3) is 0.706. The van der Waals surface area contributed by atoms with Crippen LogP contribution < -0.4 is 10.6 Å². The Labute approximate surface area is 162 Å². The van der Waals surface area contributed by atoms with Crippen LogP contribution in [0.1, 0.15) is 36.8 Å². The van der Waals surface area contributed by atoms with Gasteiger partial charge in [0.05, 0.1) is 19.8 Å². The number of nitrogens with zero attached hydrogens (tertiary/aromatic N) is 1. The molecule has 0 bridgehead atoms. The lowest BCUT2D eigenvalue weighted by atomic mass is 10.2. The number of unbranched alkanes of at least 4 members (excludes halogenated alkanes) is 1. The highest BCUT2D eigenvalue weighted by molar-refractivity contribution is 14.0. The van der Waals surface area contributed by atoms with Gasteiger partial charge in [0.25, 0.3) is 0 Å². The number of halogens is 1. The second-order valence-corrected chi connectivity index (χ2v) is 5.37. The lowest BCUT2D eigenvalue weighted by Gasteiger charge is -2.12. The summed E-state index contributed by atoms with van der Waals surface area (Å²) in [6.45, 7) is 10.2. The van der Waals surface area contributed by atoms with Crippen LogP contribution in [-0.2, 0) is 16.0 Å². The van der Waals surface area contributed by atoms with Crippen molar-refractivity contribution in [1.29, 1.82) is 0 Å².